The van der Waals surface area contributed by atoms with Crippen LogP contribution in [-0.2, 0) is 6.54 Å². The molecule has 1 heterocycles. The third kappa shape index (κ3) is 4.22. The van der Waals surface area contributed by atoms with Gasteiger partial charge in [0.25, 0.3) is 0 Å². The van der Waals surface area contributed by atoms with Crippen LogP contribution in [0.25, 0.3) is 0 Å². The van der Waals surface area contributed by atoms with Gasteiger partial charge in [0, 0.05) is 19.1 Å². The van der Waals surface area contributed by atoms with E-state index in [0.717, 1.165) is 31.9 Å². The number of rotatable bonds is 7. The Bertz CT molecular complexity index is 381. The summed E-state index contributed by atoms with van der Waals surface area (Å²) in [5.74, 6) is 1.00. The molecule has 1 unspecified atom stereocenters. The second kappa shape index (κ2) is 7.51. The van der Waals surface area contributed by atoms with E-state index in [1.165, 1.54) is 24.9 Å². The summed E-state index contributed by atoms with van der Waals surface area (Å²) in [7, 11) is 2.04. The zero-order valence-corrected chi connectivity index (χ0v) is 12.2. The smallest absolute Gasteiger partial charge is 0.119 e. The van der Waals surface area contributed by atoms with Crippen LogP contribution in [-0.4, -0.2) is 37.7 Å². The lowest BCUT2D eigenvalue weighted by Crippen LogP contribution is -2.36. The number of nitrogens with one attached hydrogen (secondary N) is 1. The number of benzene rings is 1. The van der Waals surface area contributed by atoms with Crippen LogP contribution in [0.3, 0.4) is 0 Å². The maximum atomic E-state index is 5.70. The van der Waals surface area contributed by atoms with E-state index in [2.05, 4.69) is 35.3 Å². The van der Waals surface area contributed by atoms with Crippen LogP contribution in [0.4, 0.5) is 0 Å². The van der Waals surface area contributed by atoms with Crippen molar-refractivity contribution in [1.82, 2.24) is 10.2 Å². The average molecular weight is 262 g/mol. The van der Waals surface area contributed by atoms with Crippen molar-refractivity contribution < 1.29 is 4.74 Å². The van der Waals surface area contributed by atoms with E-state index in [0.29, 0.717) is 6.04 Å². The summed E-state index contributed by atoms with van der Waals surface area (Å²) in [6, 6.07) is 9.22. The molecule has 1 aromatic carbocycles. The molecular weight excluding hydrogens is 236 g/mol. The normalized spacial score (nSPS) is 19.8. The van der Waals surface area contributed by atoms with Crippen LogP contribution >= 0.6 is 0 Å². The zero-order valence-electron chi connectivity index (χ0n) is 12.2. The molecule has 0 spiro atoms. The van der Waals surface area contributed by atoms with E-state index in [1.807, 2.05) is 13.1 Å². The van der Waals surface area contributed by atoms with Gasteiger partial charge in [-0.2, -0.15) is 0 Å². The van der Waals surface area contributed by atoms with Crippen LogP contribution in [0.1, 0.15) is 31.7 Å². The van der Waals surface area contributed by atoms with Gasteiger partial charge >= 0.3 is 0 Å². The Hall–Kier alpha value is -1.06. The largest absolute Gasteiger partial charge is 0.494 e. The van der Waals surface area contributed by atoms with E-state index in [-0.39, 0.29) is 0 Å². The van der Waals surface area contributed by atoms with Crippen molar-refractivity contribution in [3.8, 4) is 5.75 Å². The van der Waals surface area contributed by atoms with Crippen molar-refractivity contribution in [2.75, 3.05) is 26.7 Å². The van der Waals surface area contributed by atoms with E-state index in [9.17, 15) is 0 Å². The summed E-state index contributed by atoms with van der Waals surface area (Å²) in [4.78, 5) is 2.58. The highest BCUT2D eigenvalue weighted by molar-refractivity contribution is 5.28. The maximum absolute atomic E-state index is 5.70. The van der Waals surface area contributed by atoms with Crippen LogP contribution in [0.2, 0.25) is 0 Å². The number of ether oxygens (including phenoxy) is 1. The van der Waals surface area contributed by atoms with Crippen molar-refractivity contribution in [2.24, 2.45) is 0 Å². The Morgan fingerprint density at radius 1 is 1.42 bits per heavy atom. The van der Waals surface area contributed by atoms with Gasteiger partial charge in [-0.25, -0.2) is 0 Å². The molecule has 3 heteroatoms. The summed E-state index contributed by atoms with van der Waals surface area (Å²) in [5, 5.41) is 3.30. The molecule has 0 amide bonds. The third-order valence-corrected chi connectivity index (χ3v) is 3.70. The van der Waals surface area contributed by atoms with Gasteiger partial charge in [-0.15, -0.1) is 0 Å². The zero-order chi connectivity index (χ0) is 13.5. The minimum atomic E-state index is 0.685. The Morgan fingerprint density at radius 2 is 2.32 bits per heavy atom. The number of hydrogen-bond donors (Lipinski definition) is 1. The molecule has 1 N–H and O–H groups in total. The highest BCUT2D eigenvalue weighted by Crippen LogP contribution is 2.21. The summed E-state index contributed by atoms with van der Waals surface area (Å²) in [6.07, 6.45) is 3.69. The Balaban J connectivity index is 1.94. The monoisotopic (exact) mass is 262 g/mol. The molecule has 1 saturated heterocycles. The molecule has 1 atom stereocenters. The van der Waals surface area contributed by atoms with Crippen LogP contribution in [0.15, 0.2) is 24.3 Å². The predicted octanol–water partition coefficient (Wildman–Crippen LogP) is 2.66. The maximum Gasteiger partial charge on any atom is 0.119 e. The van der Waals surface area contributed by atoms with Gasteiger partial charge in [0.2, 0.25) is 0 Å². The first-order chi connectivity index (χ1) is 9.33. The van der Waals surface area contributed by atoms with Gasteiger partial charge in [-0.1, -0.05) is 19.1 Å². The third-order valence-electron chi connectivity index (χ3n) is 3.70. The van der Waals surface area contributed by atoms with Crippen LogP contribution in [0, 0.1) is 0 Å². The second-order valence-corrected chi connectivity index (χ2v) is 5.32. The van der Waals surface area contributed by atoms with Crippen molar-refractivity contribution in [3.05, 3.63) is 29.8 Å². The van der Waals surface area contributed by atoms with E-state index >= 15 is 0 Å². The summed E-state index contributed by atoms with van der Waals surface area (Å²) in [5.41, 5.74) is 1.36. The van der Waals surface area contributed by atoms with E-state index in [4.69, 9.17) is 4.74 Å². The van der Waals surface area contributed by atoms with Crippen LogP contribution < -0.4 is 10.1 Å². The first kappa shape index (κ1) is 14.4. The molecule has 0 aliphatic carbocycles. The molecule has 1 aliphatic rings. The first-order valence-corrected chi connectivity index (χ1v) is 7.44. The predicted molar refractivity (Wildman–Crippen MR) is 79.6 cm³/mol. The second-order valence-electron chi connectivity index (χ2n) is 5.32. The SMILES string of the molecule is CCCOc1cccc(CN2CCCC2CNC)c1. The Kier molecular flexibility index (Phi) is 5.67. The molecule has 19 heavy (non-hydrogen) atoms. The minimum absolute atomic E-state index is 0.685. The molecule has 1 aliphatic heterocycles. The van der Waals surface area contributed by atoms with Gasteiger partial charge in [0.1, 0.15) is 5.75 Å². The fourth-order valence-electron chi connectivity index (χ4n) is 2.76. The number of nitrogens with zero attached hydrogens (tertiary/aromatic N) is 1. The van der Waals surface area contributed by atoms with E-state index < -0.39 is 0 Å². The van der Waals surface area contributed by atoms with Crippen molar-refractivity contribution in [3.63, 3.8) is 0 Å². The van der Waals surface area contributed by atoms with Crippen LogP contribution in [0.5, 0.6) is 5.75 Å². The fourth-order valence-corrected chi connectivity index (χ4v) is 2.76. The number of likely N-dealkylation sites (tertiary alicyclic amines) is 1. The fraction of sp³-hybridized carbons (Fsp3) is 0.625. The van der Waals surface area contributed by atoms with Gasteiger partial charge in [-0.3, -0.25) is 4.90 Å². The van der Waals surface area contributed by atoms with Gasteiger partial charge < -0.3 is 10.1 Å². The first-order valence-electron chi connectivity index (χ1n) is 7.44. The summed E-state index contributed by atoms with van der Waals surface area (Å²) < 4.78 is 5.70. The molecule has 0 saturated carbocycles. The standard InChI is InChI=1S/C16H26N2O/c1-3-10-19-16-8-4-6-14(11-16)13-18-9-5-7-15(18)12-17-2/h4,6,8,11,15,17H,3,5,7,9-10,12-13H2,1-2H3. The van der Waals surface area contributed by atoms with Crippen molar-refractivity contribution >= 4 is 0 Å². The minimum Gasteiger partial charge on any atom is -0.494 e. The number of likely N-dealkylation sites (N-methyl/N-ethyl adjacent to an activating group) is 1. The molecule has 106 valence electrons. The molecule has 0 radical (unpaired) electrons. The van der Waals surface area contributed by atoms with Crippen molar-refractivity contribution in [2.45, 2.75) is 38.8 Å². The topological polar surface area (TPSA) is 24.5 Å². The molecule has 1 aromatic rings. The molecule has 3 nitrogen and oxygen atoms in total. The lowest BCUT2D eigenvalue weighted by molar-refractivity contribution is 0.241. The number of hydrogen-bond acceptors (Lipinski definition) is 3. The highest BCUT2D eigenvalue weighted by Gasteiger charge is 2.23. The van der Waals surface area contributed by atoms with Gasteiger partial charge in [0.15, 0.2) is 0 Å². The molecule has 1 fully saturated rings. The lowest BCUT2D eigenvalue weighted by Gasteiger charge is -2.24. The highest BCUT2D eigenvalue weighted by atomic mass is 16.5. The van der Waals surface area contributed by atoms with Gasteiger partial charge in [0.05, 0.1) is 6.61 Å². The Morgan fingerprint density at radius 3 is 3.11 bits per heavy atom. The summed E-state index contributed by atoms with van der Waals surface area (Å²) in [6.45, 7) is 6.28. The van der Waals surface area contributed by atoms with E-state index in [1.54, 1.807) is 0 Å². The lowest BCUT2D eigenvalue weighted by atomic mass is 10.1. The van der Waals surface area contributed by atoms with Gasteiger partial charge in [-0.05, 0) is 50.6 Å². The van der Waals surface area contributed by atoms with Crippen molar-refractivity contribution in [1.29, 1.82) is 0 Å². The average Bonchev–Trinajstić information content (AvgIpc) is 2.85. The molecule has 0 aromatic heterocycles. The molecular formula is C16H26N2O. The quantitative estimate of drug-likeness (QED) is 0.817. The molecule has 2 rings (SSSR count). The Labute approximate surface area is 116 Å². The summed E-state index contributed by atoms with van der Waals surface area (Å²) >= 11 is 0. The molecule has 0 bridgehead atoms.